The molecule has 0 aliphatic carbocycles. The van der Waals surface area contributed by atoms with E-state index >= 15 is 0 Å². The molecule has 0 aliphatic heterocycles. The topological polar surface area (TPSA) is 82.6 Å². The van der Waals surface area contributed by atoms with Crippen LogP contribution in [0, 0.1) is 12.7 Å². The minimum absolute atomic E-state index is 0.225. The minimum atomic E-state index is -0.908. The van der Waals surface area contributed by atoms with Gasteiger partial charge in [0.1, 0.15) is 5.82 Å². The Labute approximate surface area is 184 Å². The average Bonchev–Trinajstić information content (AvgIpc) is 2.75. The second-order valence-corrected chi connectivity index (χ2v) is 7.14. The van der Waals surface area contributed by atoms with Crippen molar-refractivity contribution in [2.45, 2.75) is 13.5 Å². The molecule has 2 amide bonds. The van der Waals surface area contributed by atoms with Crippen LogP contribution in [0.25, 0.3) is 0 Å². The zero-order valence-corrected chi connectivity index (χ0v) is 17.4. The Hall–Kier alpha value is -3.71. The van der Waals surface area contributed by atoms with E-state index in [1.807, 2.05) is 31.2 Å². The molecular formula is C23H20ClFN4O2. The first-order chi connectivity index (χ1) is 14.9. The number of nitrogens with one attached hydrogen (secondary N) is 3. The predicted molar refractivity (Wildman–Crippen MR) is 120 cm³/mol. The van der Waals surface area contributed by atoms with Gasteiger partial charge in [0.25, 0.3) is 0 Å². The number of carbonyl (C=O) groups excluding carboxylic acids is 2. The third-order valence-corrected chi connectivity index (χ3v) is 4.50. The van der Waals surface area contributed by atoms with Crippen LogP contribution in [0.15, 0.2) is 71.8 Å². The summed E-state index contributed by atoms with van der Waals surface area (Å²) >= 11 is 6.04. The van der Waals surface area contributed by atoms with Gasteiger partial charge in [-0.05, 0) is 42.8 Å². The lowest BCUT2D eigenvalue weighted by molar-refractivity contribution is -0.139. The van der Waals surface area contributed by atoms with Crippen LogP contribution in [0.2, 0.25) is 5.02 Å². The van der Waals surface area contributed by atoms with Crippen molar-refractivity contribution < 1.29 is 14.0 Å². The summed E-state index contributed by atoms with van der Waals surface area (Å²) < 4.78 is 13.9. The number of hydrazone groups is 1. The number of benzene rings is 3. The Morgan fingerprint density at radius 1 is 1.00 bits per heavy atom. The van der Waals surface area contributed by atoms with E-state index in [0.717, 1.165) is 11.1 Å². The van der Waals surface area contributed by atoms with Crippen LogP contribution in [0.5, 0.6) is 0 Å². The number of nitrogens with zero attached hydrogens (tertiary/aromatic N) is 1. The lowest BCUT2D eigenvalue weighted by Crippen LogP contribution is -2.37. The quantitative estimate of drug-likeness (QED) is 0.305. The van der Waals surface area contributed by atoms with Gasteiger partial charge >= 0.3 is 11.8 Å². The smallest absolute Gasteiger partial charge is 0.329 e. The van der Waals surface area contributed by atoms with Gasteiger partial charge in [-0.25, -0.2) is 9.82 Å². The van der Waals surface area contributed by atoms with Crippen LogP contribution in [-0.4, -0.2) is 18.0 Å². The number of amides is 2. The lowest BCUT2D eigenvalue weighted by Gasteiger charge is -2.10. The van der Waals surface area contributed by atoms with Crippen molar-refractivity contribution in [2.24, 2.45) is 5.10 Å². The summed E-state index contributed by atoms with van der Waals surface area (Å²) in [6, 6.07) is 18.7. The number of anilines is 2. The van der Waals surface area contributed by atoms with Crippen molar-refractivity contribution in [1.82, 2.24) is 10.7 Å². The molecule has 158 valence electrons. The van der Waals surface area contributed by atoms with E-state index in [9.17, 15) is 14.0 Å². The Morgan fingerprint density at radius 2 is 1.81 bits per heavy atom. The maximum absolute atomic E-state index is 13.9. The predicted octanol–water partition coefficient (Wildman–Crippen LogP) is 4.30. The van der Waals surface area contributed by atoms with Gasteiger partial charge in [-0.1, -0.05) is 53.6 Å². The van der Waals surface area contributed by atoms with Crippen LogP contribution in [0.1, 0.15) is 16.7 Å². The summed E-state index contributed by atoms with van der Waals surface area (Å²) in [5.41, 5.74) is 5.41. The van der Waals surface area contributed by atoms with E-state index in [4.69, 9.17) is 11.6 Å². The summed E-state index contributed by atoms with van der Waals surface area (Å²) in [6.45, 7) is 2.17. The minimum Gasteiger partial charge on any atom is -0.353 e. The van der Waals surface area contributed by atoms with Crippen molar-refractivity contribution >= 4 is 41.0 Å². The molecule has 3 aromatic carbocycles. The number of hydrogen-bond acceptors (Lipinski definition) is 4. The number of aryl methyl sites for hydroxylation is 1. The maximum atomic E-state index is 13.9. The molecule has 3 aromatic rings. The van der Waals surface area contributed by atoms with Gasteiger partial charge in [0.05, 0.1) is 11.9 Å². The molecule has 0 spiro atoms. The second kappa shape index (κ2) is 10.4. The SMILES string of the molecule is Cc1cccc(CNC(=O)C(=O)N/N=C\c2cc(Cl)ccc2Nc2ccccc2F)c1. The Morgan fingerprint density at radius 3 is 2.58 bits per heavy atom. The van der Waals surface area contributed by atoms with Crippen LogP contribution < -0.4 is 16.1 Å². The van der Waals surface area contributed by atoms with Crippen molar-refractivity contribution in [1.29, 1.82) is 0 Å². The van der Waals surface area contributed by atoms with E-state index < -0.39 is 17.6 Å². The number of para-hydroxylation sites is 1. The van der Waals surface area contributed by atoms with Crippen molar-refractivity contribution in [3.05, 3.63) is 94.3 Å². The molecule has 0 saturated carbocycles. The fourth-order valence-electron chi connectivity index (χ4n) is 2.76. The number of rotatable bonds is 6. The summed E-state index contributed by atoms with van der Waals surface area (Å²) in [7, 11) is 0. The third kappa shape index (κ3) is 6.38. The van der Waals surface area contributed by atoms with E-state index in [2.05, 4.69) is 21.2 Å². The highest BCUT2D eigenvalue weighted by Crippen LogP contribution is 2.24. The zero-order chi connectivity index (χ0) is 22.2. The monoisotopic (exact) mass is 438 g/mol. The summed E-state index contributed by atoms with van der Waals surface area (Å²) in [4.78, 5) is 24.0. The fourth-order valence-corrected chi connectivity index (χ4v) is 2.94. The molecule has 6 nitrogen and oxygen atoms in total. The molecule has 0 bridgehead atoms. The molecule has 0 atom stereocenters. The van der Waals surface area contributed by atoms with Gasteiger partial charge < -0.3 is 10.6 Å². The first-order valence-corrected chi connectivity index (χ1v) is 9.78. The van der Waals surface area contributed by atoms with Gasteiger partial charge in [-0.15, -0.1) is 0 Å². The van der Waals surface area contributed by atoms with Crippen LogP contribution in [-0.2, 0) is 16.1 Å². The van der Waals surface area contributed by atoms with Gasteiger partial charge in [-0.3, -0.25) is 9.59 Å². The highest BCUT2D eigenvalue weighted by Gasteiger charge is 2.12. The Bertz CT molecular complexity index is 1130. The largest absolute Gasteiger partial charge is 0.353 e. The first-order valence-electron chi connectivity index (χ1n) is 9.40. The van der Waals surface area contributed by atoms with Crippen molar-refractivity contribution in [3.63, 3.8) is 0 Å². The zero-order valence-electron chi connectivity index (χ0n) is 16.7. The molecule has 0 radical (unpaired) electrons. The highest BCUT2D eigenvalue weighted by atomic mass is 35.5. The van der Waals surface area contributed by atoms with E-state index in [1.165, 1.54) is 12.3 Å². The van der Waals surface area contributed by atoms with Gasteiger partial charge in [0, 0.05) is 22.8 Å². The molecule has 0 aliphatic rings. The summed E-state index contributed by atoms with van der Waals surface area (Å²) in [5, 5.41) is 9.74. The van der Waals surface area contributed by atoms with Crippen LogP contribution >= 0.6 is 11.6 Å². The lowest BCUT2D eigenvalue weighted by atomic mass is 10.1. The number of halogens is 2. The molecule has 8 heteroatoms. The Kier molecular flexibility index (Phi) is 7.35. The summed E-state index contributed by atoms with van der Waals surface area (Å²) in [5.74, 6) is -2.14. The summed E-state index contributed by atoms with van der Waals surface area (Å²) in [6.07, 6.45) is 1.32. The maximum Gasteiger partial charge on any atom is 0.329 e. The van der Waals surface area contributed by atoms with Crippen LogP contribution in [0.3, 0.4) is 0 Å². The number of hydrogen-bond donors (Lipinski definition) is 3. The molecule has 0 unspecified atom stereocenters. The average molecular weight is 439 g/mol. The molecule has 0 heterocycles. The Balaban J connectivity index is 1.62. The van der Waals surface area contributed by atoms with E-state index in [0.29, 0.717) is 16.3 Å². The molecule has 31 heavy (non-hydrogen) atoms. The second-order valence-electron chi connectivity index (χ2n) is 6.71. The molecule has 3 rings (SSSR count). The molecule has 0 aromatic heterocycles. The van der Waals surface area contributed by atoms with E-state index in [1.54, 1.807) is 36.4 Å². The van der Waals surface area contributed by atoms with E-state index in [-0.39, 0.29) is 12.2 Å². The number of carbonyl (C=O) groups is 2. The van der Waals surface area contributed by atoms with Gasteiger partial charge in [0.15, 0.2) is 0 Å². The highest BCUT2D eigenvalue weighted by molar-refractivity contribution is 6.35. The molecule has 0 fully saturated rings. The third-order valence-electron chi connectivity index (χ3n) is 4.27. The molecular weight excluding hydrogens is 419 g/mol. The molecule has 3 N–H and O–H groups in total. The normalized spacial score (nSPS) is 10.7. The fraction of sp³-hybridized carbons (Fsp3) is 0.0870. The van der Waals surface area contributed by atoms with Gasteiger partial charge in [-0.2, -0.15) is 5.10 Å². The molecule has 0 saturated heterocycles. The first kappa shape index (κ1) is 22.0. The van der Waals surface area contributed by atoms with Crippen molar-refractivity contribution in [3.8, 4) is 0 Å². The standard InChI is InChI=1S/C23H20ClFN4O2/c1-15-5-4-6-16(11-15)13-26-22(30)23(31)29-27-14-17-12-18(24)9-10-20(17)28-21-8-3-2-7-19(21)25/h2-12,14,28H,13H2,1H3,(H,26,30)(H,29,31)/b27-14-. The van der Waals surface area contributed by atoms with Crippen LogP contribution in [0.4, 0.5) is 15.8 Å². The van der Waals surface area contributed by atoms with Gasteiger partial charge in [0.2, 0.25) is 0 Å². The van der Waals surface area contributed by atoms with Crippen molar-refractivity contribution in [2.75, 3.05) is 5.32 Å².